The highest BCUT2D eigenvalue weighted by Crippen LogP contribution is 2.43. The maximum absolute atomic E-state index is 12.1. The largest absolute Gasteiger partial charge is 0.469 e. The second-order valence-corrected chi connectivity index (χ2v) is 6.36. The van der Waals surface area contributed by atoms with E-state index in [1.165, 1.54) is 7.11 Å². The predicted molar refractivity (Wildman–Crippen MR) is 77.5 cm³/mol. The molecule has 3 nitrogen and oxygen atoms in total. The lowest BCUT2D eigenvalue weighted by atomic mass is 9.75. The Labute approximate surface area is 115 Å². The zero-order valence-corrected chi connectivity index (χ0v) is 12.4. The third-order valence-corrected chi connectivity index (χ3v) is 4.10. The van der Waals surface area contributed by atoms with E-state index in [1.807, 2.05) is 18.2 Å². The Balaban J connectivity index is 2.48. The van der Waals surface area contributed by atoms with E-state index in [2.05, 4.69) is 38.8 Å². The molecule has 104 valence electrons. The van der Waals surface area contributed by atoms with Crippen molar-refractivity contribution in [1.29, 1.82) is 0 Å². The van der Waals surface area contributed by atoms with Crippen LogP contribution in [0.5, 0.6) is 0 Å². The monoisotopic (exact) mass is 261 g/mol. The minimum absolute atomic E-state index is 0.120. The molecule has 0 aliphatic carbocycles. The minimum Gasteiger partial charge on any atom is -0.469 e. The van der Waals surface area contributed by atoms with Crippen LogP contribution in [-0.2, 0) is 9.53 Å². The van der Waals surface area contributed by atoms with Gasteiger partial charge in [-0.1, -0.05) is 39.0 Å². The SMILES string of the molecule is COC(=O)[C@@H]1C[C@H](C(C)(C)C)N(C)c2ccccc21. The van der Waals surface area contributed by atoms with Crippen molar-refractivity contribution < 1.29 is 9.53 Å². The molecule has 0 amide bonds. The van der Waals surface area contributed by atoms with Crippen molar-refractivity contribution in [3.05, 3.63) is 29.8 Å². The first-order valence-electron chi connectivity index (χ1n) is 6.76. The average molecular weight is 261 g/mol. The van der Waals surface area contributed by atoms with Crippen LogP contribution in [0.15, 0.2) is 24.3 Å². The van der Waals surface area contributed by atoms with Crippen LogP contribution in [0.1, 0.15) is 38.7 Å². The summed E-state index contributed by atoms with van der Waals surface area (Å²) in [6.07, 6.45) is 0.809. The number of fused-ring (bicyclic) bond motifs is 1. The minimum atomic E-state index is -0.151. The molecular weight excluding hydrogens is 238 g/mol. The molecule has 0 saturated carbocycles. The van der Waals surface area contributed by atoms with Gasteiger partial charge in [-0.3, -0.25) is 4.79 Å². The standard InChI is InChI=1S/C16H23NO2/c1-16(2,3)14-10-12(15(18)19-5)11-8-6-7-9-13(11)17(14)4/h6-9,12,14H,10H2,1-5H3/t12-,14-/m1/s1. The number of hydrogen-bond acceptors (Lipinski definition) is 3. The fraction of sp³-hybridized carbons (Fsp3) is 0.562. The molecule has 1 aromatic carbocycles. The topological polar surface area (TPSA) is 29.5 Å². The summed E-state index contributed by atoms with van der Waals surface area (Å²) in [6, 6.07) is 8.45. The second kappa shape index (κ2) is 4.87. The highest BCUT2D eigenvalue weighted by Gasteiger charge is 2.40. The summed E-state index contributed by atoms with van der Waals surface area (Å²) < 4.78 is 4.99. The number of anilines is 1. The van der Waals surface area contributed by atoms with Crippen LogP contribution in [0.3, 0.4) is 0 Å². The highest BCUT2D eigenvalue weighted by atomic mass is 16.5. The Morgan fingerprint density at radius 2 is 1.95 bits per heavy atom. The maximum atomic E-state index is 12.1. The number of esters is 1. The maximum Gasteiger partial charge on any atom is 0.313 e. The van der Waals surface area contributed by atoms with Gasteiger partial charge >= 0.3 is 5.97 Å². The van der Waals surface area contributed by atoms with Crippen LogP contribution in [0.4, 0.5) is 5.69 Å². The van der Waals surface area contributed by atoms with Gasteiger partial charge in [0.25, 0.3) is 0 Å². The number of para-hydroxylation sites is 1. The molecule has 19 heavy (non-hydrogen) atoms. The van der Waals surface area contributed by atoms with Crippen LogP contribution < -0.4 is 4.90 Å². The zero-order chi connectivity index (χ0) is 14.2. The van der Waals surface area contributed by atoms with E-state index in [1.54, 1.807) is 0 Å². The molecule has 0 radical (unpaired) electrons. The summed E-state index contributed by atoms with van der Waals surface area (Å²) in [4.78, 5) is 14.4. The Hall–Kier alpha value is -1.51. The molecular formula is C16H23NO2. The van der Waals surface area contributed by atoms with Gasteiger partial charge in [0.1, 0.15) is 0 Å². The van der Waals surface area contributed by atoms with Crippen LogP contribution in [0.2, 0.25) is 0 Å². The number of methoxy groups -OCH3 is 1. The van der Waals surface area contributed by atoms with Crippen LogP contribution in [0.25, 0.3) is 0 Å². The van der Waals surface area contributed by atoms with Gasteiger partial charge in [-0.05, 0) is 23.5 Å². The number of hydrogen-bond donors (Lipinski definition) is 0. The van der Waals surface area contributed by atoms with Crippen LogP contribution >= 0.6 is 0 Å². The second-order valence-electron chi connectivity index (χ2n) is 6.36. The number of carbonyl (C=O) groups excluding carboxylic acids is 1. The van der Waals surface area contributed by atoms with Crippen LogP contribution in [-0.4, -0.2) is 26.2 Å². The summed E-state index contributed by atoms with van der Waals surface area (Å²) in [7, 11) is 3.58. The number of rotatable bonds is 1. The van der Waals surface area contributed by atoms with Crippen LogP contribution in [0, 0.1) is 5.41 Å². The predicted octanol–water partition coefficient (Wildman–Crippen LogP) is 3.20. The van der Waals surface area contributed by atoms with Crippen molar-refractivity contribution >= 4 is 11.7 Å². The van der Waals surface area contributed by atoms with Gasteiger partial charge in [0.2, 0.25) is 0 Å². The Morgan fingerprint density at radius 1 is 1.32 bits per heavy atom. The van der Waals surface area contributed by atoms with E-state index in [0.717, 1.165) is 17.7 Å². The zero-order valence-electron chi connectivity index (χ0n) is 12.4. The molecule has 1 aliphatic heterocycles. The van der Waals surface area contributed by atoms with Gasteiger partial charge in [0.15, 0.2) is 0 Å². The van der Waals surface area contributed by atoms with E-state index in [0.29, 0.717) is 6.04 Å². The first kappa shape index (κ1) is 13.9. The average Bonchev–Trinajstić information content (AvgIpc) is 2.37. The summed E-state index contributed by atoms with van der Waals surface area (Å²) in [6.45, 7) is 6.66. The highest BCUT2D eigenvalue weighted by molar-refractivity contribution is 5.82. The van der Waals surface area contributed by atoms with Gasteiger partial charge < -0.3 is 9.64 Å². The quantitative estimate of drug-likeness (QED) is 0.727. The number of ether oxygens (including phenoxy) is 1. The first-order valence-corrected chi connectivity index (χ1v) is 6.76. The van der Waals surface area contributed by atoms with Crippen molar-refractivity contribution in [3.8, 4) is 0 Å². The molecule has 1 aliphatic rings. The molecule has 2 rings (SSSR count). The molecule has 1 heterocycles. The molecule has 1 aromatic rings. The van der Waals surface area contributed by atoms with E-state index < -0.39 is 0 Å². The van der Waals surface area contributed by atoms with Crippen molar-refractivity contribution in [1.82, 2.24) is 0 Å². The molecule has 2 atom stereocenters. The molecule has 3 heteroatoms. The van der Waals surface area contributed by atoms with Gasteiger partial charge in [0, 0.05) is 18.8 Å². The lowest BCUT2D eigenvalue weighted by molar-refractivity contribution is -0.143. The smallest absolute Gasteiger partial charge is 0.313 e. The summed E-state index contributed by atoms with van der Waals surface area (Å²) >= 11 is 0. The summed E-state index contributed by atoms with van der Waals surface area (Å²) in [5, 5.41) is 0. The lowest BCUT2D eigenvalue weighted by Crippen LogP contribution is -2.47. The summed E-state index contributed by atoms with van der Waals surface area (Å²) in [5.41, 5.74) is 2.34. The number of nitrogens with zero attached hydrogens (tertiary/aromatic N) is 1. The third-order valence-electron chi connectivity index (χ3n) is 4.10. The van der Waals surface area contributed by atoms with E-state index in [-0.39, 0.29) is 17.3 Å². The number of benzene rings is 1. The molecule has 0 fully saturated rings. The van der Waals surface area contributed by atoms with Gasteiger partial charge in [-0.15, -0.1) is 0 Å². The van der Waals surface area contributed by atoms with Crippen molar-refractivity contribution in [2.75, 3.05) is 19.1 Å². The van der Waals surface area contributed by atoms with E-state index >= 15 is 0 Å². The van der Waals surface area contributed by atoms with E-state index in [4.69, 9.17) is 4.74 Å². The molecule has 0 aromatic heterocycles. The van der Waals surface area contributed by atoms with Gasteiger partial charge in [0.05, 0.1) is 13.0 Å². The lowest BCUT2D eigenvalue weighted by Gasteiger charge is -2.45. The molecule has 0 unspecified atom stereocenters. The normalized spacial score (nSPS) is 22.9. The number of carbonyl (C=O) groups is 1. The van der Waals surface area contributed by atoms with E-state index in [9.17, 15) is 4.79 Å². The molecule has 0 N–H and O–H groups in total. The third kappa shape index (κ3) is 2.46. The van der Waals surface area contributed by atoms with Gasteiger partial charge in [-0.2, -0.15) is 0 Å². The van der Waals surface area contributed by atoms with Crippen molar-refractivity contribution in [2.45, 2.75) is 39.2 Å². The molecule has 0 spiro atoms. The van der Waals surface area contributed by atoms with Crippen molar-refractivity contribution in [3.63, 3.8) is 0 Å². The molecule has 0 saturated heterocycles. The Morgan fingerprint density at radius 3 is 2.53 bits per heavy atom. The van der Waals surface area contributed by atoms with Crippen molar-refractivity contribution in [2.24, 2.45) is 5.41 Å². The fourth-order valence-electron chi connectivity index (χ4n) is 3.08. The summed E-state index contributed by atoms with van der Waals surface area (Å²) in [5.74, 6) is -0.281. The first-order chi connectivity index (χ1) is 8.86. The Kier molecular flexibility index (Phi) is 3.57. The van der Waals surface area contributed by atoms with Gasteiger partial charge in [-0.25, -0.2) is 0 Å². The molecule has 0 bridgehead atoms. The fourth-order valence-corrected chi connectivity index (χ4v) is 3.08. The Bertz CT molecular complexity index is 476.